The molecular weight excluding hydrogens is 448 g/mol. The fraction of sp³-hybridized carbons (Fsp3) is 0.148. The molecule has 35 heavy (non-hydrogen) atoms. The van der Waals surface area contributed by atoms with E-state index in [0.717, 1.165) is 0 Å². The lowest BCUT2D eigenvalue weighted by Gasteiger charge is -2.12. The highest BCUT2D eigenvalue weighted by atomic mass is 16.6. The maximum absolute atomic E-state index is 13.0. The van der Waals surface area contributed by atoms with Gasteiger partial charge in [0.2, 0.25) is 0 Å². The molecule has 0 aromatic heterocycles. The highest BCUT2D eigenvalue weighted by molar-refractivity contribution is 6.32. The molecule has 0 spiro atoms. The van der Waals surface area contributed by atoms with Crippen molar-refractivity contribution in [2.24, 2.45) is 5.10 Å². The summed E-state index contributed by atoms with van der Waals surface area (Å²) in [6, 6.07) is 19.0. The Kier molecular flexibility index (Phi) is 6.82. The standard InChI is InChI=1S/C27H24N2O6/c1-17-21(26(30)29(28-17)20-8-6-5-7-9-20)14-18-10-12-23(24(15-18)33-3)35-27(31)19-11-13-22(32-2)25(16-19)34-4/h5-16H,1-4H3/b21-14-. The van der Waals surface area contributed by atoms with Crippen molar-refractivity contribution < 1.29 is 28.5 Å². The molecule has 0 saturated carbocycles. The third kappa shape index (κ3) is 4.86. The number of hydrogen-bond donors (Lipinski definition) is 0. The van der Waals surface area contributed by atoms with E-state index in [2.05, 4.69) is 5.10 Å². The van der Waals surface area contributed by atoms with Crippen LogP contribution in [0.5, 0.6) is 23.0 Å². The zero-order chi connectivity index (χ0) is 24.9. The van der Waals surface area contributed by atoms with Crippen LogP contribution in [-0.2, 0) is 4.79 Å². The topological polar surface area (TPSA) is 86.7 Å². The van der Waals surface area contributed by atoms with E-state index < -0.39 is 5.97 Å². The minimum absolute atomic E-state index is 0.225. The molecule has 1 heterocycles. The van der Waals surface area contributed by atoms with Crippen LogP contribution in [0.4, 0.5) is 5.69 Å². The van der Waals surface area contributed by atoms with E-state index in [0.29, 0.717) is 45.3 Å². The van der Waals surface area contributed by atoms with Crippen molar-refractivity contribution in [3.63, 3.8) is 0 Å². The second-order valence-electron chi connectivity index (χ2n) is 7.57. The van der Waals surface area contributed by atoms with Gasteiger partial charge in [-0.1, -0.05) is 24.3 Å². The molecule has 3 aromatic carbocycles. The largest absolute Gasteiger partial charge is 0.493 e. The van der Waals surface area contributed by atoms with Gasteiger partial charge in [0.05, 0.1) is 43.9 Å². The van der Waals surface area contributed by atoms with E-state index in [1.54, 1.807) is 49.4 Å². The number of anilines is 1. The Morgan fingerprint density at radius 1 is 0.829 bits per heavy atom. The Morgan fingerprint density at radius 2 is 1.49 bits per heavy atom. The lowest BCUT2D eigenvalue weighted by atomic mass is 10.1. The number of para-hydroxylation sites is 1. The molecule has 0 bridgehead atoms. The van der Waals surface area contributed by atoms with Crippen LogP contribution in [0.1, 0.15) is 22.8 Å². The van der Waals surface area contributed by atoms with Crippen molar-refractivity contribution in [2.45, 2.75) is 6.92 Å². The lowest BCUT2D eigenvalue weighted by molar-refractivity contribution is -0.114. The molecule has 1 amide bonds. The van der Waals surface area contributed by atoms with E-state index in [1.165, 1.54) is 26.3 Å². The van der Waals surface area contributed by atoms with Gasteiger partial charge < -0.3 is 18.9 Å². The molecule has 8 nitrogen and oxygen atoms in total. The van der Waals surface area contributed by atoms with Crippen molar-refractivity contribution >= 4 is 29.4 Å². The van der Waals surface area contributed by atoms with Crippen LogP contribution in [0.15, 0.2) is 77.4 Å². The summed E-state index contributed by atoms with van der Waals surface area (Å²) in [5.41, 5.74) is 2.74. The molecule has 178 valence electrons. The van der Waals surface area contributed by atoms with E-state index in [9.17, 15) is 9.59 Å². The third-order valence-corrected chi connectivity index (χ3v) is 5.38. The van der Waals surface area contributed by atoms with Gasteiger partial charge in [0.1, 0.15) is 0 Å². The van der Waals surface area contributed by atoms with Crippen LogP contribution < -0.4 is 24.0 Å². The highest BCUT2D eigenvalue weighted by Gasteiger charge is 2.28. The number of hydrogen-bond acceptors (Lipinski definition) is 7. The van der Waals surface area contributed by atoms with Gasteiger partial charge in [0.15, 0.2) is 23.0 Å². The minimum atomic E-state index is -0.581. The average molecular weight is 472 g/mol. The second kappa shape index (κ2) is 10.1. The summed E-state index contributed by atoms with van der Waals surface area (Å²) in [6.45, 7) is 1.78. The van der Waals surface area contributed by atoms with Gasteiger partial charge in [-0.25, -0.2) is 4.79 Å². The molecule has 1 aliphatic rings. The molecule has 1 aliphatic heterocycles. The number of hydrazone groups is 1. The molecule has 0 N–H and O–H groups in total. The van der Waals surface area contributed by atoms with Gasteiger partial charge in [0.25, 0.3) is 5.91 Å². The predicted molar refractivity (Wildman–Crippen MR) is 133 cm³/mol. The Bertz CT molecular complexity index is 1330. The summed E-state index contributed by atoms with van der Waals surface area (Å²) in [5.74, 6) is 0.694. The monoisotopic (exact) mass is 472 g/mol. The molecule has 0 fully saturated rings. The Hall–Kier alpha value is -4.59. The number of carbonyl (C=O) groups is 2. The molecule has 4 rings (SSSR count). The Balaban J connectivity index is 1.56. The van der Waals surface area contributed by atoms with Gasteiger partial charge in [-0.05, 0) is 61.0 Å². The lowest BCUT2D eigenvalue weighted by Crippen LogP contribution is -2.21. The summed E-state index contributed by atoms with van der Waals surface area (Å²) in [7, 11) is 4.48. The summed E-state index contributed by atoms with van der Waals surface area (Å²) in [5, 5.41) is 5.76. The fourth-order valence-electron chi connectivity index (χ4n) is 3.58. The predicted octanol–water partition coefficient (Wildman–Crippen LogP) is 4.74. The van der Waals surface area contributed by atoms with Crippen molar-refractivity contribution in [2.75, 3.05) is 26.3 Å². The number of nitrogens with zero attached hydrogens (tertiary/aromatic N) is 2. The summed E-state index contributed by atoms with van der Waals surface area (Å²) in [4.78, 5) is 25.7. The van der Waals surface area contributed by atoms with E-state index >= 15 is 0 Å². The SMILES string of the molecule is COc1ccc(C(=O)Oc2ccc(/C=C3\C(=O)N(c4ccccc4)N=C3C)cc2OC)cc1OC. The molecule has 0 aliphatic carbocycles. The molecule has 0 unspecified atom stereocenters. The first-order valence-corrected chi connectivity index (χ1v) is 10.7. The molecule has 0 atom stereocenters. The van der Waals surface area contributed by atoms with Crippen LogP contribution >= 0.6 is 0 Å². The van der Waals surface area contributed by atoms with Gasteiger partial charge in [0, 0.05) is 0 Å². The molecule has 3 aromatic rings. The van der Waals surface area contributed by atoms with E-state index in [-0.39, 0.29) is 11.7 Å². The van der Waals surface area contributed by atoms with Crippen molar-refractivity contribution in [3.8, 4) is 23.0 Å². The van der Waals surface area contributed by atoms with Crippen LogP contribution in [-0.4, -0.2) is 38.9 Å². The zero-order valence-corrected chi connectivity index (χ0v) is 19.8. The Labute approximate surface area is 203 Å². The molecule has 8 heteroatoms. The smallest absolute Gasteiger partial charge is 0.343 e. The first kappa shape index (κ1) is 23.6. The van der Waals surface area contributed by atoms with Crippen molar-refractivity contribution in [1.29, 1.82) is 0 Å². The molecule has 0 radical (unpaired) electrons. The molecule has 0 saturated heterocycles. The van der Waals surface area contributed by atoms with Gasteiger partial charge >= 0.3 is 5.97 Å². The third-order valence-electron chi connectivity index (χ3n) is 5.38. The fourth-order valence-corrected chi connectivity index (χ4v) is 3.58. The number of ether oxygens (including phenoxy) is 4. The number of rotatable bonds is 7. The van der Waals surface area contributed by atoms with Crippen molar-refractivity contribution in [3.05, 3.63) is 83.4 Å². The maximum atomic E-state index is 13.0. The van der Waals surface area contributed by atoms with Gasteiger partial charge in [-0.2, -0.15) is 10.1 Å². The van der Waals surface area contributed by atoms with E-state index in [1.807, 2.05) is 30.3 Å². The minimum Gasteiger partial charge on any atom is -0.493 e. The van der Waals surface area contributed by atoms with Gasteiger partial charge in [-0.3, -0.25) is 4.79 Å². The Morgan fingerprint density at radius 3 is 2.17 bits per heavy atom. The first-order valence-electron chi connectivity index (χ1n) is 10.7. The van der Waals surface area contributed by atoms with Crippen LogP contribution in [0.25, 0.3) is 6.08 Å². The summed E-state index contributed by atoms with van der Waals surface area (Å²) >= 11 is 0. The number of methoxy groups -OCH3 is 3. The van der Waals surface area contributed by atoms with Crippen LogP contribution in [0, 0.1) is 0 Å². The number of carbonyl (C=O) groups excluding carboxylic acids is 2. The average Bonchev–Trinajstić information content (AvgIpc) is 3.17. The second-order valence-corrected chi connectivity index (χ2v) is 7.57. The quantitative estimate of drug-likeness (QED) is 0.281. The molecular formula is C27H24N2O6. The normalized spacial score (nSPS) is 14.1. The zero-order valence-electron chi connectivity index (χ0n) is 19.8. The summed E-state index contributed by atoms with van der Waals surface area (Å²) in [6.07, 6.45) is 1.73. The number of esters is 1. The first-order chi connectivity index (χ1) is 16.9. The van der Waals surface area contributed by atoms with E-state index in [4.69, 9.17) is 18.9 Å². The van der Waals surface area contributed by atoms with Crippen LogP contribution in [0.3, 0.4) is 0 Å². The highest BCUT2D eigenvalue weighted by Crippen LogP contribution is 2.32. The van der Waals surface area contributed by atoms with Gasteiger partial charge in [-0.15, -0.1) is 0 Å². The maximum Gasteiger partial charge on any atom is 0.343 e. The van der Waals surface area contributed by atoms with Crippen LogP contribution in [0.2, 0.25) is 0 Å². The van der Waals surface area contributed by atoms with Crippen molar-refractivity contribution in [1.82, 2.24) is 0 Å². The number of amides is 1. The number of benzene rings is 3. The summed E-state index contributed by atoms with van der Waals surface area (Å²) < 4.78 is 21.4.